The molecule has 206 valence electrons. The standard InChI is InChI=1S/C24H30Cl2N4O5.2ClH/c25-20-7-3-8-21(26)24(20)27-22-9-2-1-6-19(22)18-23(31)34-16-4-10-28-12-14-29(15-13-28)11-5-17-35-30(32)33;;/h1-3,6-9,27H,4-5,10-18H2;2*1H. The quantitative estimate of drug-likeness (QED) is 0.144. The van der Waals surface area contributed by atoms with E-state index in [2.05, 4.69) is 20.0 Å². The van der Waals surface area contributed by atoms with E-state index in [1.54, 1.807) is 18.2 Å². The van der Waals surface area contributed by atoms with Crippen molar-refractivity contribution < 1.29 is 19.5 Å². The maximum atomic E-state index is 12.4. The normalized spacial score (nSPS) is 13.7. The Kier molecular flexibility index (Phi) is 15.6. The number of nitrogens with one attached hydrogen (secondary N) is 1. The predicted molar refractivity (Wildman–Crippen MR) is 150 cm³/mol. The molecule has 0 unspecified atom stereocenters. The molecular weight excluding hydrogens is 566 g/mol. The second-order valence-electron chi connectivity index (χ2n) is 8.22. The summed E-state index contributed by atoms with van der Waals surface area (Å²) in [6, 6.07) is 12.8. The third kappa shape index (κ3) is 11.5. The van der Waals surface area contributed by atoms with Gasteiger partial charge in [0.05, 0.1) is 35.4 Å². The Morgan fingerprint density at radius 1 is 0.919 bits per heavy atom. The van der Waals surface area contributed by atoms with Crippen LogP contribution in [0, 0.1) is 10.1 Å². The predicted octanol–water partition coefficient (Wildman–Crippen LogP) is 5.27. The van der Waals surface area contributed by atoms with Gasteiger partial charge in [0, 0.05) is 45.0 Å². The number of hydrogen-bond acceptors (Lipinski definition) is 8. The molecule has 0 radical (unpaired) electrons. The van der Waals surface area contributed by atoms with Gasteiger partial charge in [0.25, 0.3) is 5.09 Å². The smallest absolute Gasteiger partial charge is 0.310 e. The van der Waals surface area contributed by atoms with Gasteiger partial charge >= 0.3 is 5.97 Å². The summed E-state index contributed by atoms with van der Waals surface area (Å²) in [6.07, 6.45) is 1.54. The van der Waals surface area contributed by atoms with Gasteiger partial charge in [-0.1, -0.05) is 47.5 Å². The molecule has 2 aromatic rings. The van der Waals surface area contributed by atoms with Gasteiger partial charge in [0.15, 0.2) is 0 Å². The molecule has 3 rings (SSSR count). The molecule has 0 amide bonds. The van der Waals surface area contributed by atoms with Crippen molar-refractivity contribution in [1.29, 1.82) is 0 Å². The summed E-state index contributed by atoms with van der Waals surface area (Å²) in [7, 11) is 0. The molecule has 1 heterocycles. The largest absolute Gasteiger partial charge is 0.465 e. The highest BCUT2D eigenvalue weighted by Gasteiger charge is 2.17. The summed E-state index contributed by atoms with van der Waals surface area (Å²) in [5.74, 6) is -0.286. The Labute approximate surface area is 239 Å². The highest BCUT2D eigenvalue weighted by atomic mass is 35.5. The molecule has 1 fully saturated rings. The highest BCUT2D eigenvalue weighted by Crippen LogP contribution is 2.33. The molecule has 1 N–H and O–H groups in total. The van der Waals surface area contributed by atoms with Gasteiger partial charge in [-0.15, -0.1) is 34.9 Å². The number of hydrogen-bond donors (Lipinski definition) is 1. The SMILES string of the molecule is Cl.Cl.O=C(Cc1ccccc1Nc1c(Cl)cccc1Cl)OCCCN1CCN(CCCO[N+](=O)[O-])CC1. The summed E-state index contributed by atoms with van der Waals surface area (Å²) in [5, 5.41) is 13.7. The zero-order chi connectivity index (χ0) is 25.0. The molecule has 0 aromatic heterocycles. The van der Waals surface area contributed by atoms with Gasteiger partial charge in [-0.3, -0.25) is 4.79 Å². The van der Waals surface area contributed by atoms with E-state index in [9.17, 15) is 14.9 Å². The summed E-state index contributed by atoms with van der Waals surface area (Å²) in [5.41, 5.74) is 2.15. The van der Waals surface area contributed by atoms with E-state index in [1.165, 1.54) is 0 Å². The van der Waals surface area contributed by atoms with E-state index in [0.29, 0.717) is 28.8 Å². The number of carbonyl (C=O) groups is 1. The minimum Gasteiger partial charge on any atom is -0.465 e. The van der Waals surface area contributed by atoms with Crippen LogP contribution in [0.5, 0.6) is 0 Å². The Morgan fingerprint density at radius 2 is 1.49 bits per heavy atom. The number of benzene rings is 2. The minimum absolute atomic E-state index is 0. The number of anilines is 2. The Hall–Kier alpha value is -2.01. The van der Waals surface area contributed by atoms with Gasteiger partial charge < -0.3 is 24.7 Å². The minimum atomic E-state index is -0.753. The molecule has 37 heavy (non-hydrogen) atoms. The van der Waals surface area contributed by atoms with Crippen molar-refractivity contribution in [2.75, 3.05) is 57.8 Å². The molecule has 1 saturated heterocycles. The monoisotopic (exact) mass is 596 g/mol. The molecule has 0 atom stereocenters. The number of piperazine rings is 1. The van der Waals surface area contributed by atoms with E-state index in [4.69, 9.17) is 27.9 Å². The zero-order valence-electron chi connectivity index (χ0n) is 20.3. The molecule has 0 bridgehead atoms. The van der Waals surface area contributed by atoms with Gasteiger partial charge in [-0.2, -0.15) is 0 Å². The van der Waals surface area contributed by atoms with Crippen molar-refractivity contribution >= 4 is 65.4 Å². The molecule has 1 aliphatic rings. The van der Waals surface area contributed by atoms with Gasteiger partial charge in [0.2, 0.25) is 0 Å². The first-order chi connectivity index (χ1) is 16.9. The summed E-state index contributed by atoms with van der Waals surface area (Å²) in [4.78, 5) is 31.6. The van der Waals surface area contributed by atoms with Crippen molar-refractivity contribution in [2.24, 2.45) is 0 Å². The number of para-hydroxylation sites is 2. The third-order valence-electron chi connectivity index (χ3n) is 5.74. The number of rotatable bonds is 13. The molecule has 0 aliphatic carbocycles. The zero-order valence-corrected chi connectivity index (χ0v) is 23.4. The van der Waals surface area contributed by atoms with Crippen LogP contribution in [0.25, 0.3) is 0 Å². The van der Waals surface area contributed by atoms with E-state index < -0.39 is 5.09 Å². The Bertz CT molecular complexity index is 973. The average Bonchev–Trinajstić information content (AvgIpc) is 2.84. The van der Waals surface area contributed by atoms with Crippen molar-refractivity contribution in [3.63, 3.8) is 0 Å². The second kappa shape index (κ2) is 17.5. The van der Waals surface area contributed by atoms with E-state index in [1.807, 2.05) is 24.3 Å². The number of halogens is 4. The topological polar surface area (TPSA) is 97.2 Å². The van der Waals surface area contributed by atoms with Crippen LogP contribution in [-0.2, 0) is 20.8 Å². The van der Waals surface area contributed by atoms with Crippen LogP contribution in [0.4, 0.5) is 11.4 Å². The molecule has 1 aliphatic heterocycles. The molecule has 13 heteroatoms. The summed E-state index contributed by atoms with van der Waals surface area (Å²) < 4.78 is 5.47. The molecule has 0 spiro atoms. The highest BCUT2D eigenvalue weighted by molar-refractivity contribution is 6.39. The fourth-order valence-corrected chi connectivity index (χ4v) is 4.38. The summed E-state index contributed by atoms with van der Waals surface area (Å²) in [6.45, 7) is 5.82. The maximum absolute atomic E-state index is 12.4. The number of ether oxygens (including phenoxy) is 1. The lowest BCUT2D eigenvalue weighted by Gasteiger charge is -2.34. The molecule has 0 saturated carbocycles. The van der Waals surface area contributed by atoms with Crippen LogP contribution < -0.4 is 5.32 Å². The van der Waals surface area contributed by atoms with Crippen LogP contribution in [-0.4, -0.2) is 73.3 Å². The van der Waals surface area contributed by atoms with Crippen molar-refractivity contribution in [1.82, 2.24) is 9.80 Å². The van der Waals surface area contributed by atoms with Gasteiger partial charge in [0.1, 0.15) is 0 Å². The first-order valence-corrected chi connectivity index (χ1v) is 12.3. The fraction of sp³-hybridized carbons (Fsp3) is 0.458. The molecule has 2 aromatic carbocycles. The lowest BCUT2D eigenvalue weighted by molar-refractivity contribution is -0.757. The molecular formula is C24H32Cl4N4O5. The van der Waals surface area contributed by atoms with Crippen LogP contribution >= 0.6 is 48.0 Å². The van der Waals surface area contributed by atoms with Gasteiger partial charge in [-0.25, -0.2) is 0 Å². The van der Waals surface area contributed by atoms with Crippen LogP contribution in [0.15, 0.2) is 42.5 Å². The lowest BCUT2D eigenvalue weighted by Crippen LogP contribution is -2.47. The van der Waals surface area contributed by atoms with Crippen molar-refractivity contribution in [3.05, 3.63) is 68.2 Å². The second-order valence-corrected chi connectivity index (χ2v) is 9.04. The number of nitrogens with zero attached hydrogens (tertiary/aromatic N) is 3. The summed E-state index contributed by atoms with van der Waals surface area (Å²) >= 11 is 12.5. The fourth-order valence-electron chi connectivity index (χ4n) is 3.89. The van der Waals surface area contributed by atoms with Crippen LogP contribution in [0.2, 0.25) is 10.0 Å². The van der Waals surface area contributed by atoms with Crippen molar-refractivity contribution in [3.8, 4) is 0 Å². The number of carbonyl (C=O) groups excluding carboxylic acids is 1. The van der Waals surface area contributed by atoms with Crippen LogP contribution in [0.1, 0.15) is 18.4 Å². The molecule has 9 nitrogen and oxygen atoms in total. The maximum Gasteiger partial charge on any atom is 0.310 e. The van der Waals surface area contributed by atoms with Gasteiger partial charge in [-0.05, 0) is 36.6 Å². The van der Waals surface area contributed by atoms with E-state index >= 15 is 0 Å². The van der Waals surface area contributed by atoms with Crippen molar-refractivity contribution in [2.45, 2.75) is 19.3 Å². The van der Waals surface area contributed by atoms with Crippen LogP contribution in [0.3, 0.4) is 0 Å². The first-order valence-electron chi connectivity index (χ1n) is 11.6. The Balaban J connectivity index is 0.00000342. The number of esters is 1. The van der Waals surface area contributed by atoms with E-state index in [0.717, 1.165) is 56.9 Å². The average molecular weight is 598 g/mol. The third-order valence-corrected chi connectivity index (χ3v) is 6.37. The first kappa shape index (κ1) is 33.0. The Morgan fingerprint density at radius 3 is 2.08 bits per heavy atom. The lowest BCUT2D eigenvalue weighted by atomic mass is 10.1. The van der Waals surface area contributed by atoms with E-state index in [-0.39, 0.29) is 43.8 Å².